The van der Waals surface area contributed by atoms with Crippen molar-refractivity contribution in [1.29, 1.82) is 0 Å². The SMILES string of the molecule is Cc1[c]cnc(C)c1Cc1cc2c(C)cc(C(F)(F)F)cc2n1C. The second-order valence-corrected chi connectivity index (χ2v) is 6.19. The normalized spacial score (nSPS) is 12.1. The van der Waals surface area contributed by atoms with E-state index >= 15 is 0 Å². The highest BCUT2D eigenvalue weighted by molar-refractivity contribution is 5.85. The standard InChI is InChI=1S/C19H18F3N2/c1-11-5-6-23-13(3)16(11)9-15-10-17-12(2)7-14(19(20,21)22)8-18(17)24(15)4/h6-8,10H,9H2,1-4H3. The third-order valence-electron chi connectivity index (χ3n) is 4.58. The Balaban J connectivity index is 2.14. The molecule has 24 heavy (non-hydrogen) atoms. The van der Waals surface area contributed by atoms with Gasteiger partial charge in [-0.1, -0.05) is 0 Å². The molecule has 3 aromatic rings. The van der Waals surface area contributed by atoms with Crippen molar-refractivity contribution in [3.05, 3.63) is 64.1 Å². The number of pyridine rings is 1. The third-order valence-corrected chi connectivity index (χ3v) is 4.58. The van der Waals surface area contributed by atoms with Gasteiger partial charge in [-0.25, -0.2) is 0 Å². The number of hydrogen-bond acceptors (Lipinski definition) is 1. The molecule has 0 aliphatic carbocycles. The number of hydrogen-bond donors (Lipinski definition) is 0. The van der Waals surface area contributed by atoms with Gasteiger partial charge in [-0.05, 0) is 55.7 Å². The van der Waals surface area contributed by atoms with Gasteiger partial charge in [-0.2, -0.15) is 13.2 Å². The number of alkyl halides is 3. The van der Waals surface area contributed by atoms with Crippen molar-refractivity contribution in [2.75, 3.05) is 0 Å². The molecule has 0 spiro atoms. The van der Waals surface area contributed by atoms with Crippen molar-refractivity contribution in [2.45, 2.75) is 33.4 Å². The zero-order valence-corrected chi connectivity index (χ0v) is 14.0. The first-order valence-corrected chi connectivity index (χ1v) is 7.67. The van der Waals surface area contributed by atoms with Gasteiger partial charge in [0, 0.05) is 48.0 Å². The summed E-state index contributed by atoms with van der Waals surface area (Å²) in [7, 11) is 1.81. The van der Waals surface area contributed by atoms with E-state index in [4.69, 9.17) is 0 Å². The molecule has 0 bridgehead atoms. The number of benzene rings is 1. The fraction of sp³-hybridized carbons (Fsp3) is 0.316. The predicted molar refractivity (Wildman–Crippen MR) is 88.0 cm³/mol. The van der Waals surface area contributed by atoms with Gasteiger partial charge in [0.05, 0.1) is 5.56 Å². The fourth-order valence-corrected chi connectivity index (χ4v) is 3.10. The van der Waals surface area contributed by atoms with Crippen LogP contribution in [-0.2, 0) is 19.6 Å². The smallest absolute Gasteiger partial charge is 0.347 e. The minimum atomic E-state index is -4.34. The van der Waals surface area contributed by atoms with E-state index in [0.29, 0.717) is 17.5 Å². The van der Waals surface area contributed by atoms with Crippen molar-refractivity contribution in [2.24, 2.45) is 7.05 Å². The molecule has 0 aliphatic rings. The molecule has 0 fully saturated rings. The molecule has 2 heterocycles. The zero-order chi connectivity index (χ0) is 17.6. The molecule has 125 valence electrons. The largest absolute Gasteiger partial charge is 0.416 e. The van der Waals surface area contributed by atoms with Crippen LogP contribution in [0.4, 0.5) is 13.2 Å². The van der Waals surface area contributed by atoms with E-state index in [1.54, 1.807) is 13.1 Å². The number of fused-ring (bicyclic) bond motifs is 1. The Bertz CT molecular complexity index is 900. The molecular weight excluding hydrogens is 313 g/mol. The van der Waals surface area contributed by atoms with Gasteiger partial charge in [0.15, 0.2) is 0 Å². The van der Waals surface area contributed by atoms with Crippen molar-refractivity contribution < 1.29 is 13.2 Å². The van der Waals surface area contributed by atoms with Crippen LogP contribution in [-0.4, -0.2) is 9.55 Å². The molecule has 0 unspecified atom stereocenters. The molecule has 0 saturated heterocycles. The van der Waals surface area contributed by atoms with Gasteiger partial charge < -0.3 is 4.57 Å². The van der Waals surface area contributed by atoms with Crippen LogP contribution in [0.25, 0.3) is 10.9 Å². The Kier molecular flexibility index (Phi) is 3.90. The first kappa shape index (κ1) is 16.6. The van der Waals surface area contributed by atoms with E-state index in [1.165, 1.54) is 12.1 Å². The highest BCUT2D eigenvalue weighted by atomic mass is 19.4. The second-order valence-electron chi connectivity index (χ2n) is 6.19. The highest BCUT2D eigenvalue weighted by Crippen LogP contribution is 2.34. The van der Waals surface area contributed by atoms with Gasteiger partial charge in [0.25, 0.3) is 0 Å². The molecule has 0 N–H and O–H groups in total. The Morgan fingerprint density at radius 2 is 1.83 bits per heavy atom. The highest BCUT2D eigenvalue weighted by Gasteiger charge is 2.31. The summed E-state index contributed by atoms with van der Waals surface area (Å²) in [6.45, 7) is 5.63. The van der Waals surface area contributed by atoms with Crippen LogP contribution in [0.5, 0.6) is 0 Å². The number of aryl methyl sites for hydroxylation is 4. The zero-order valence-electron chi connectivity index (χ0n) is 14.0. The summed E-state index contributed by atoms with van der Waals surface area (Å²) in [4.78, 5) is 4.27. The molecule has 1 aromatic carbocycles. The lowest BCUT2D eigenvalue weighted by atomic mass is 10.0. The lowest BCUT2D eigenvalue weighted by Gasteiger charge is -2.11. The van der Waals surface area contributed by atoms with Crippen LogP contribution in [0.15, 0.2) is 24.4 Å². The summed E-state index contributed by atoms with van der Waals surface area (Å²) in [5, 5.41) is 0.851. The van der Waals surface area contributed by atoms with E-state index in [2.05, 4.69) is 11.1 Å². The van der Waals surface area contributed by atoms with Gasteiger partial charge in [-0.3, -0.25) is 4.98 Å². The summed E-state index contributed by atoms with van der Waals surface area (Å²) in [6.07, 6.45) is -2.07. The maximum Gasteiger partial charge on any atom is 0.416 e. The topological polar surface area (TPSA) is 17.8 Å². The molecule has 5 heteroatoms. The van der Waals surface area contributed by atoms with Gasteiger partial charge in [-0.15, -0.1) is 0 Å². The average Bonchev–Trinajstić information content (AvgIpc) is 2.80. The Hall–Kier alpha value is -2.30. The Labute approximate surface area is 138 Å². The van der Waals surface area contributed by atoms with Crippen LogP contribution >= 0.6 is 0 Å². The molecule has 2 nitrogen and oxygen atoms in total. The van der Waals surface area contributed by atoms with Crippen LogP contribution in [0, 0.1) is 26.8 Å². The fourth-order valence-electron chi connectivity index (χ4n) is 3.10. The molecule has 2 aromatic heterocycles. The van der Waals surface area contributed by atoms with Crippen LogP contribution in [0.2, 0.25) is 0 Å². The molecule has 1 radical (unpaired) electrons. The monoisotopic (exact) mass is 331 g/mol. The van der Waals surface area contributed by atoms with Crippen molar-refractivity contribution in [3.8, 4) is 0 Å². The van der Waals surface area contributed by atoms with Crippen molar-refractivity contribution in [3.63, 3.8) is 0 Å². The van der Waals surface area contributed by atoms with Gasteiger partial charge in [0.1, 0.15) is 0 Å². The van der Waals surface area contributed by atoms with Gasteiger partial charge in [0.2, 0.25) is 0 Å². The molecule has 0 amide bonds. The molecule has 0 atom stereocenters. The maximum absolute atomic E-state index is 13.1. The molecular formula is C19H18F3N2. The first-order chi connectivity index (χ1) is 11.2. The molecule has 3 rings (SSSR count). The number of nitrogens with zero attached hydrogens (tertiary/aromatic N) is 2. The van der Waals surface area contributed by atoms with Crippen LogP contribution in [0.3, 0.4) is 0 Å². The predicted octanol–water partition coefficient (Wildman–Crippen LogP) is 4.91. The maximum atomic E-state index is 13.1. The Morgan fingerprint density at radius 1 is 1.12 bits per heavy atom. The minimum Gasteiger partial charge on any atom is -0.347 e. The summed E-state index contributed by atoms with van der Waals surface area (Å²) in [6, 6.07) is 7.49. The van der Waals surface area contributed by atoms with E-state index in [-0.39, 0.29) is 0 Å². The molecule has 0 saturated carbocycles. The van der Waals surface area contributed by atoms with Crippen LogP contribution < -0.4 is 0 Å². The summed E-state index contributed by atoms with van der Waals surface area (Å²) >= 11 is 0. The van der Waals surface area contributed by atoms with E-state index in [9.17, 15) is 13.2 Å². The third kappa shape index (κ3) is 2.79. The quantitative estimate of drug-likeness (QED) is 0.652. The second kappa shape index (κ2) is 5.65. The summed E-state index contributed by atoms with van der Waals surface area (Å²) < 4.78 is 41.0. The minimum absolute atomic E-state index is 0.598. The van der Waals surface area contributed by atoms with E-state index in [0.717, 1.165) is 27.9 Å². The average molecular weight is 331 g/mol. The van der Waals surface area contributed by atoms with E-state index < -0.39 is 11.7 Å². The van der Waals surface area contributed by atoms with Crippen LogP contribution in [0.1, 0.15) is 33.6 Å². The number of rotatable bonds is 2. The summed E-state index contributed by atoms with van der Waals surface area (Å²) in [5.74, 6) is 0. The molecule has 0 aliphatic heterocycles. The summed E-state index contributed by atoms with van der Waals surface area (Å²) in [5.41, 5.74) is 4.58. The van der Waals surface area contributed by atoms with Crippen molar-refractivity contribution >= 4 is 10.9 Å². The number of halogens is 3. The Morgan fingerprint density at radius 3 is 2.46 bits per heavy atom. The van der Waals surface area contributed by atoms with Gasteiger partial charge >= 0.3 is 6.18 Å². The lowest BCUT2D eigenvalue weighted by Crippen LogP contribution is -2.06. The number of aromatic nitrogens is 2. The van der Waals surface area contributed by atoms with E-state index in [1.807, 2.05) is 31.5 Å². The van der Waals surface area contributed by atoms with Crippen molar-refractivity contribution in [1.82, 2.24) is 9.55 Å². The lowest BCUT2D eigenvalue weighted by molar-refractivity contribution is -0.137. The first-order valence-electron chi connectivity index (χ1n) is 7.67.